The van der Waals surface area contributed by atoms with Crippen molar-refractivity contribution < 1.29 is 0 Å². The molecule has 0 heterocycles. The van der Waals surface area contributed by atoms with Gasteiger partial charge in [-0.15, -0.1) is 0 Å². The third kappa shape index (κ3) is 2.40. The molecule has 1 atom stereocenters. The van der Waals surface area contributed by atoms with Gasteiger partial charge in [0.15, 0.2) is 0 Å². The van der Waals surface area contributed by atoms with E-state index in [9.17, 15) is 0 Å². The summed E-state index contributed by atoms with van der Waals surface area (Å²) < 4.78 is 0. The summed E-state index contributed by atoms with van der Waals surface area (Å²) in [6.45, 7) is 10.9. The maximum absolute atomic E-state index is 3.20. The van der Waals surface area contributed by atoms with Crippen LogP contribution >= 0.6 is 15.9 Å². The normalized spacial score (nSPS) is 15.1. The Morgan fingerprint density at radius 3 is 1.55 bits per heavy atom. The first-order valence-corrected chi connectivity index (χ1v) is 8.94. The minimum atomic E-state index is -1.01. The van der Waals surface area contributed by atoms with Crippen LogP contribution in [0, 0.1) is 0 Å². The van der Waals surface area contributed by atoms with Gasteiger partial charge in [0, 0.05) is 0 Å². The van der Waals surface area contributed by atoms with Crippen LogP contribution in [0.25, 0.3) is 0 Å². The zero-order valence-corrected chi connectivity index (χ0v) is 10.9. The molecular weight excluding hydrogens is 170 g/mol. The molecule has 0 fully saturated rings. The fraction of sp³-hybridized carbons (Fsp3) is 1.00. The summed E-state index contributed by atoms with van der Waals surface area (Å²) >= 11 is 0. The Balaban J connectivity index is 4.47. The van der Waals surface area contributed by atoms with Crippen molar-refractivity contribution in [2.45, 2.75) is 46.2 Å². The van der Waals surface area contributed by atoms with Gasteiger partial charge in [-0.3, -0.25) is 0 Å². The second-order valence-corrected chi connectivity index (χ2v) is 12.5. The summed E-state index contributed by atoms with van der Waals surface area (Å²) in [6, 6.07) is 0. The predicted octanol–water partition coefficient (Wildman–Crippen LogP) is 3.75. The van der Waals surface area contributed by atoms with Gasteiger partial charge >= 0.3 is 74.4 Å². The van der Waals surface area contributed by atoms with E-state index >= 15 is 0 Å². The van der Waals surface area contributed by atoms with Crippen molar-refractivity contribution in [3.63, 3.8) is 0 Å². The van der Waals surface area contributed by atoms with Gasteiger partial charge in [0.1, 0.15) is 0 Å². The molecule has 0 N–H and O–H groups in total. The fourth-order valence-corrected chi connectivity index (χ4v) is 5.29. The van der Waals surface area contributed by atoms with Crippen molar-refractivity contribution in [2.75, 3.05) is 12.3 Å². The van der Waals surface area contributed by atoms with Crippen LogP contribution in [0.4, 0.5) is 0 Å². The van der Waals surface area contributed by atoms with Gasteiger partial charge < -0.3 is 0 Å². The summed E-state index contributed by atoms with van der Waals surface area (Å²) in [5.74, 6) is 0. The van der Waals surface area contributed by atoms with Crippen LogP contribution in [0.5, 0.6) is 0 Å². The molecule has 0 aliphatic rings. The molecule has 0 nitrogen and oxygen atoms in total. The van der Waals surface area contributed by atoms with Crippen molar-refractivity contribution in [3.05, 3.63) is 0 Å². The molecule has 0 saturated heterocycles. The Morgan fingerprint density at radius 1 is 1.09 bits per heavy atom. The maximum atomic E-state index is 3.20. The zero-order valence-electron chi connectivity index (χ0n) is 8.70. The predicted molar refractivity (Wildman–Crippen MR) is 63.5 cm³/mol. The van der Waals surface area contributed by atoms with Crippen molar-refractivity contribution in [1.82, 2.24) is 0 Å². The second kappa shape index (κ2) is 4.20. The Kier molecular flexibility index (Phi) is 4.53. The zero-order chi connectivity index (χ0) is 9.12. The standard InChI is InChI=1S/C9H24P2/c1-6-9(4,5)11(10,7-2)8-3/h11H,6-8,10H2,1-5H3. The van der Waals surface area contributed by atoms with E-state index in [4.69, 9.17) is 0 Å². The van der Waals surface area contributed by atoms with E-state index in [0.717, 1.165) is 0 Å². The fourth-order valence-electron chi connectivity index (χ4n) is 1.56. The minimum absolute atomic E-state index is 0.598. The van der Waals surface area contributed by atoms with Crippen LogP contribution < -0.4 is 0 Å². The third-order valence-corrected chi connectivity index (χ3v) is 13.9. The van der Waals surface area contributed by atoms with Crippen molar-refractivity contribution in [3.8, 4) is 0 Å². The number of hydrogen-bond donors (Lipinski definition) is 0. The van der Waals surface area contributed by atoms with Crippen LogP contribution in [-0.4, -0.2) is 17.5 Å². The molecule has 0 aromatic heterocycles. The number of rotatable bonds is 4. The van der Waals surface area contributed by atoms with Gasteiger partial charge in [-0.2, -0.15) is 0 Å². The first-order chi connectivity index (χ1) is 4.93. The molecule has 70 valence electrons. The molecule has 0 aliphatic carbocycles. The molecule has 0 aromatic rings. The SMILES string of the molecule is CCC(C)(C)[PH](P)(CC)CC. The summed E-state index contributed by atoms with van der Waals surface area (Å²) in [5.41, 5.74) is 0. The van der Waals surface area contributed by atoms with Gasteiger partial charge in [0.25, 0.3) is 0 Å². The van der Waals surface area contributed by atoms with Gasteiger partial charge in [-0.1, -0.05) is 0 Å². The van der Waals surface area contributed by atoms with Crippen molar-refractivity contribution in [1.29, 1.82) is 0 Å². The van der Waals surface area contributed by atoms with E-state index < -0.39 is 6.95 Å². The van der Waals surface area contributed by atoms with E-state index in [2.05, 4.69) is 43.5 Å². The molecule has 0 saturated carbocycles. The monoisotopic (exact) mass is 194 g/mol. The van der Waals surface area contributed by atoms with Gasteiger partial charge in [-0.05, 0) is 0 Å². The van der Waals surface area contributed by atoms with Crippen LogP contribution in [0.3, 0.4) is 0 Å². The van der Waals surface area contributed by atoms with Gasteiger partial charge in [-0.25, -0.2) is 0 Å². The topological polar surface area (TPSA) is 0 Å². The van der Waals surface area contributed by atoms with E-state index in [1.165, 1.54) is 18.7 Å². The molecule has 0 bridgehead atoms. The summed E-state index contributed by atoms with van der Waals surface area (Å²) in [6.07, 6.45) is 4.12. The molecule has 0 spiro atoms. The van der Waals surface area contributed by atoms with E-state index in [1.807, 2.05) is 0 Å². The summed E-state index contributed by atoms with van der Waals surface area (Å²) in [7, 11) is 3.20. The van der Waals surface area contributed by atoms with Gasteiger partial charge in [0.2, 0.25) is 0 Å². The molecule has 0 amide bonds. The Morgan fingerprint density at radius 2 is 1.45 bits per heavy atom. The molecule has 11 heavy (non-hydrogen) atoms. The average Bonchev–Trinajstić information content (AvgIpc) is 2.02. The Hall–Kier alpha value is 0.860. The van der Waals surface area contributed by atoms with Crippen LogP contribution in [-0.2, 0) is 0 Å². The summed E-state index contributed by atoms with van der Waals surface area (Å²) in [4.78, 5) is 0. The third-order valence-electron chi connectivity index (χ3n) is 3.49. The molecule has 0 aliphatic heterocycles. The Bertz CT molecular complexity index is 115. The average molecular weight is 194 g/mol. The first kappa shape index (κ1) is 11.9. The van der Waals surface area contributed by atoms with E-state index in [-0.39, 0.29) is 0 Å². The molecule has 0 aromatic carbocycles. The first-order valence-electron chi connectivity index (χ1n) is 4.72. The van der Waals surface area contributed by atoms with E-state index in [0.29, 0.717) is 5.16 Å². The van der Waals surface area contributed by atoms with Crippen molar-refractivity contribution >= 4 is 15.9 Å². The number of hydrogen-bond acceptors (Lipinski definition) is 0. The second-order valence-electron chi connectivity index (χ2n) is 4.10. The molecule has 0 rings (SSSR count). The van der Waals surface area contributed by atoms with E-state index in [1.54, 1.807) is 0 Å². The van der Waals surface area contributed by atoms with Crippen molar-refractivity contribution in [2.24, 2.45) is 0 Å². The van der Waals surface area contributed by atoms with Crippen LogP contribution in [0.2, 0.25) is 0 Å². The molecule has 1 unspecified atom stereocenters. The van der Waals surface area contributed by atoms with Crippen LogP contribution in [0.1, 0.15) is 41.0 Å². The quantitative estimate of drug-likeness (QED) is 0.598. The molecule has 0 radical (unpaired) electrons. The van der Waals surface area contributed by atoms with Gasteiger partial charge in [0.05, 0.1) is 0 Å². The molecular formula is C9H24P2. The Labute approximate surface area is 75.0 Å². The van der Waals surface area contributed by atoms with Crippen LogP contribution in [0.15, 0.2) is 0 Å². The molecule has 2 heteroatoms. The summed E-state index contributed by atoms with van der Waals surface area (Å²) in [5, 5.41) is 0.598.